The van der Waals surface area contributed by atoms with Crippen molar-refractivity contribution in [3.8, 4) is 11.5 Å². The van der Waals surface area contributed by atoms with E-state index in [0.29, 0.717) is 22.6 Å². The molecule has 22 heavy (non-hydrogen) atoms. The van der Waals surface area contributed by atoms with Gasteiger partial charge in [0.1, 0.15) is 17.9 Å². The van der Waals surface area contributed by atoms with Crippen molar-refractivity contribution in [2.75, 3.05) is 7.11 Å². The molecule has 0 saturated carbocycles. The van der Waals surface area contributed by atoms with Crippen LogP contribution in [0.2, 0.25) is 0 Å². The summed E-state index contributed by atoms with van der Waals surface area (Å²) in [6.45, 7) is -0.0971. The summed E-state index contributed by atoms with van der Waals surface area (Å²) in [6, 6.07) is 13.6. The Hall–Kier alpha value is -2.66. The minimum atomic E-state index is -0.595. The number of ether oxygens (including phenoxy) is 2. The Morgan fingerprint density at radius 2 is 1.86 bits per heavy atom. The van der Waals surface area contributed by atoms with E-state index in [9.17, 15) is 9.59 Å². The smallest absolute Gasteiger partial charge is 0.313 e. The van der Waals surface area contributed by atoms with Gasteiger partial charge in [-0.1, -0.05) is 24.3 Å². The minimum absolute atomic E-state index is 0.0971. The normalized spacial score (nSPS) is 10.1. The lowest BCUT2D eigenvalue weighted by molar-refractivity contribution is -0.139. The van der Waals surface area contributed by atoms with E-state index < -0.39 is 5.97 Å². The summed E-state index contributed by atoms with van der Waals surface area (Å²) in [7, 11) is 1.23. The Labute approximate surface area is 128 Å². The van der Waals surface area contributed by atoms with Crippen LogP contribution in [0, 0.1) is 0 Å². The van der Waals surface area contributed by atoms with Gasteiger partial charge in [0.2, 0.25) is 0 Å². The van der Waals surface area contributed by atoms with Gasteiger partial charge in [0, 0.05) is 0 Å². The van der Waals surface area contributed by atoms with Gasteiger partial charge in [-0.25, -0.2) is 0 Å². The Morgan fingerprint density at radius 1 is 1.09 bits per heavy atom. The maximum Gasteiger partial charge on any atom is 0.313 e. The van der Waals surface area contributed by atoms with Crippen LogP contribution in [0.3, 0.4) is 0 Å². The van der Waals surface area contributed by atoms with Crippen LogP contribution in [-0.2, 0) is 16.1 Å². The van der Waals surface area contributed by atoms with Crippen molar-refractivity contribution in [1.82, 2.24) is 0 Å². The highest BCUT2D eigenvalue weighted by molar-refractivity contribution is 6.07. The van der Waals surface area contributed by atoms with Crippen LogP contribution in [0.15, 0.2) is 48.5 Å². The summed E-state index contributed by atoms with van der Waals surface area (Å²) in [5, 5.41) is 9.14. The van der Waals surface area contributed by atoms with Crippen LogP contribution < -0.4 is 4.74 Å². The number of aliphatic hydroxyl groups is 1. The molecule has 1 N–H and O–H groups in total. The van der Waals surface area contributed by atoms with Crippen molar-refractivity contribution < 1.29 is 24.2 Å². The molecule has 0 unspecified atom stereocenters. The highest BCUT2D eigenvalue weighted by atomic mass is 16.5. The molecular weight excluding hydrogens is 284 g/mol. The van der Waals surface area contributed by atoms with Gasteiger partial charge in [-0.15, -0.1) is 0 Å². The van der Waals surface area contributed by atoms with Gasteiger partial charge in [-0.3, -0.25) is 9.59 Å². The van der Waals surface area contributed by atoms with Crippen molar-refractivity contribution >= 4 is 11.8 Å². The number of carbonyl (C=O) groups is 2. The standard InChI is InChI=1S/C17H16O5/c1-21-17(20)10-15(19)14-7-2-3-8-16(14)22-13-6-4-5-12(9-13)11-18/h2-9,18H,10-11H2,1H3. The number of carbonyl (C=O) groups excluding carboxylic acids is 2. The molecule has 0 spiro atoms. The molecule has 2 aromatic carbocycles. The first kappa shape index (κ1) is 15.7. The number of para-hydroxylation sites is 1. The molecule has 0 bridgehead atoms. The number of Topliss-reactive ketones (excluding diaryl/α,β-unsaturated/α-hetero) is 1. The Morgan fingerprint density at radius 3 is 2.59 bits per heavy atom. The second-order valence-electron chi connectivity index (χ2n) is 4.58. The second-order valence-corrected chi connectivity index (χ2v) is 4.58. The average molecular weight is 300 g/mol. The molecular formula is C17H16O5. The van der Waals surface area contributed by atoms with Crippen LogP contribution in [0.4, 0.5) is 0 Å². The summed E-state index contributed by atoms with van der Waals surface area (Å²) in [4.78, 5) is 23.4. The van der Waals surface area contributed by atoms with Gasteiger partial charge in [-0.05, 0) is 29.8 Å². The maximum absolute atomic E-state index is 12.1. The summed E-state index contributed by atoms with van der Waals surface area (Å²) < 4.78 is 10.2. The minimum Gasteiger partial charge on any atom is -0.469 e. The fourth-order valence-electron chi connectivity index (χ4n) is 1.92. The van der Waals surface area contributed by atoms with Gasteiger partial charge in [0.15, 0.2) is 5.78 Å². The van der Waals surface area contributed by atoms with E-state index in [-0.39, 0.29) is 18.8 Å². The molecule has 5 nitrogen and oxygen atoms in total. The van der Waals surface area contributed by atoms with Gasteiger partial charge >= 0.3 is 5.97 Å². The molecule has 5 heteroatoms. The lowest BCUT2D eigenvalue weighted by Gasteiger charge is -2.10. The number of esters is 1. The summed E-state index contributed by atoms with van der Waals surface area (Å²) in [5.41, 5.74) is 1.01. The first-order valence-corrected chi connectivity index (χ1v) is 6.70. The van der Waals surface area contributed by atoms with Gasteiger partial charge in [-0.2, -0.15) is 0 Å². The molecule has 114 valence electrons. The number of methoxy groups -OCH3 is 1. The van der Waals surface area contributed by atoms with E-state index >= 15 is 0 Å². The third-order valence-electron chi connectivity index (χ3n) is 3.03. The highest BCUT2D eigenvalue weighted by Gasteiger charge is 2.16. The van der Waals surface area contributed by atoms with Crippen LogP contribution >= 0.6 is 0 Å². The monoisotopic (exact) mass is 300 g/mol. The van der Waals surface area contributed by atoms with E-state index in [0.717, 1.165) is 0 Å². The molecule has 0 radical (unpaired) electrons. The Kier molecular flexibility index (Phi) is 5.27. The zero-order valence-corrected chi connectivity index (χ0v) is 12.1. The Bertz CT molecular complexity index is 678. The summed E-state index contributed by atoms with van der Waals surface area (Å²) in [5.74, 6) is -0.112. The molecule has 0 saturated heterocycles. The van der Waals surface area contributed by atoms with Gasteiger partial charge in [0.25, 0.3) is 0 Å². The third kappa shape index (κ3) is 3.93. The average Bonchev–Trinajstić information content (AvgIpc) is 2.55. The molecule has 0 aliphatic heterocycles. The van der Waals surface area contributed by atoms with Crippen LogP contribution in [0.25, 0.3) is 0 Å². The van der Waals surface area contributed by atoms with Crippen molar-refractivity contribution in [2.45, 2.75) is 13.0 Å². The maximum atomic E-state index is 12.1. The molecule has 0 fully saturated rings. The third-order valence-corrected chi connectivity index (χ3v) is 3.03. The molecule has 0 heterocycles. The first-order valence-electron chi connectivity index (χ1n) is 6.70. The molecule has 0 aliphatic carbocycles. The van der Waals surface area contributed by atoms with E-state index in [2.05, 4.69) is 4.74 Å². The highest BCUT2D eigenvalue weighted by Crippen LogP contribution is 2.27. The lowest BCUT2D eigenvalue weighted by atomic mass is 10.1. The molecule has 2 aromatic rings. The summed E-state index contributed by atoms with van der Waals surface area (Å²) >= 11 is 0. The van der Waals surface area contributed by atoms with E-state index in [1.54, 1.807) is 48.5 Å². The number of rotatable bonds is 6. The SMILES string of the molecule is COC(=O)CC(=O)c1ccccc1Oc1cccc(CO)c1. The molecule has 0 aliphatic rings. The van der Waals surface area contributed by atoms with E-state index in [1.165, 1.54) is 7.11 Å². The molecule has 0 amide bonds. The van der Waals surface area contributed by atoms with Crippen LogP contribution in [0.1, 0.15) is 22.3 Å². The lowest BCUT2D eigenvalue weighted by Crippen LogP contribution is -2.10. The number of ketones is 1. The fourth-order valence-corrected chi connectivity index (χ4v) is 1.92. The molecule has 2 rings (SSSR count). The van der Waals surface area contributed by atoms with Gasteiger partial charge in [0.05, 0.1) is 19.3 Å². The molecule has 0 aromatic heterocycles. The van der Waals surface area contributed by atoms with Crippen molar-refractivity contribution in [2.24, 2.45) is 0 Å². The van der Waals surface area contributed by atoms with Crippen LogP contribution in [0.5, 0.6) is 11.5 Å². The van der Waals surface area contributed by atoms with E-state index in [1.807, 2.05) is 0 Å². The predicted octanol–water partition coefficient (Wildman–Crippen LogP) is 2.72. The quantitative estimate of drug-likeness (QED) is 0.504. The Balaban J connectivity index is 2.24. The fraction of sp³-hybridized carbons (Fsp3) is 0.176. The number of hydrogen-bond acceptors (Lipinski definition) is 5. The number of benzene rings is 2. The first-order chi connectivity index (χ1) is 10.6. The van der Waals surface area contributed by atoms with Crippen molar-refractivity contribution in [3.63, 3.8) is 0 Å². The van der Waals surface area contributed by atoms with E-state index in [4.69, 9.17) is 9.84 Å². The van der Waals surface area contributed by atoms with Gasteiger partial charge < -0.3 is 14.6 Å². The van der Waals surface area contributed by atoms with Crippen molar-refractivity contribution in [1.29, 1.82) is 0 Å². The zero-order chi connectivity index (χ0) is 15.9. The number of hydrogen-bond donors (Lipinski definition) is 1. The predicted molar refractivity (Wildman–Crippen MR) is 79.8 cm³/mol. The van der Waals surface area contributed by atoms with Crippen molar-refractivity contribution in [3.05, 3.63) is 59.7 Å². The molecule has 0 atom stereocenters. The summed E-state index contributed by atoms with van der Waals surface area (Å²) in [6.07, 6.45) is -0.340. The zero-order valence-electron chi connectivity index (χ0n) is 12.1. The van der Waals surface area contributed by atoms with Crippen LogP contribution in [-0.4, -0.2) is 24.0 Å². The topological polar surface area (TPSA) is 72.8 Å². The largest absolute Gasteiger partial charge is 0.469 e. The second kappa shape index (κ2) is 7.38. The number of aliphatic hydroxyl groups excluding tert-OH is 1.